The molecular formula is C12H20BNO2. The normalized spacial score (nSPS) is 27.8. The summed E-state index contributed by atoms with van der Waals surface area (Å²) in [7, 11) is -0.258. The maximum atomic E-state index is 5.98. The third-order valence-electron chi connectivity index (χ3n) is 3.64. The first-order valence-corrected chi connectivity index (χ1v) is 5.98. The highest BCUT2D eigenvalue weighted by molar-refractivity contribution is 6.60. The van der Waals surface area contributed by atoms with Gasteiger partial charge in [-0.2, -0.15) is 0 Å². The average Bonchev–Trinajstić information content (AvgIpc) is 2.42. The van der Waals surface area contributed by atoms with Gasteiger partial charge in [-0.15, -0.1) is 0 Å². The summed E-state index contributed by atoms with van der Waals surface area (Å²) in [6.45, 7) is 9.19. The van der Waals surface area contributed by atoms with E-state index in [0.717, 1.165) is 24.9 Å². The van der Waals surface area contributed by atoms with Crippen molar-refractivity contribution in [3.8, 4) is 0 Å². The molecule has 0 saturated carbocycles. The molecule has 0 N–H and O–H groups in total. The highest BCUT2D eigenvalue weighted by Crippen LogP contribution is 2.38. The van der Waals surface area contributed by atoms with Gasteiger partial charge in [0.25, 0.3) is 0 Å². The molecule has 0 atom stereocenters. The molecule has 0 bridgehead atoms. The van der Waals surface area contributed by atoms with E-state index in [2.05, 4.69) is 38.8 Å². The molecule has 0 aliphatic carbocycles. The Labute approximate surface area is 98.1 Å². The van der Waals surface area contributed by atoms with Gasteiger partial charge in [-0.25, -0.2) is 0 Å². The minimum atomic E-state index is -0.265. The van der Waals surface area contributed by atoms with Crippen molar-refractivity contribution >= 4 is 13.3 Å². The van der Waals surface area contributed by atoms with Crippen LogP contribution in [0.1, 0.15) is 40.5 Å². The van der Waals surface area contributed by atoms with Gasteiger partial charge >= 0.3 is 7.12 Å². The van der Waals surface area contributed by atoms with E-state index in [1.54, 1.807) is 0 Å². The Kier molecular flexibility index (Phi) is 2.97. The minimum Gasteiger partial charge on any atom is -0.399 e. The predicted molar refractivity (Wildman–Crippen MR) is 66.8 cm³/mol. The van der Waals surface area contributed by atoms with Crippen molar-refractivity contribution in [3.63, 3.8) is 0 Å². The molecule has 1 saturated heterocycles. The quantitative estimate of drug-likeness (QED) is 0.636. The molecule has 2 aliphatic rings. The maximum Gasteiger partial charge on any atom is 0.496 e. The zero-order valence-corrected chi connectivity index (χ0v) is 10.6. The van der Waals surface area contributed by atoms with Crippen LogP contribution in [-0.4, -0.2) is 31.1 Å². The van der Waals surface area contributed by atoms with Gasteiger partial charge in [0.1, 0.15) is 0 Å². The van der Waals surface area contributed by atoms with Crippen LogP contribution in [0.2, 0.25) is 0 Å². The fraction of sp³-hybridized carbons (Fsp3) is 0.750. The number of aliphatic imine (C=N–C) groups is 1. The summed E-state index contributed by atoms with van der Waals surface area (Å²) in [4.78, 5) is 4.34. The third-order valence-corrected chi connectivity index (χ3v) is 3.64. The predicted octanol–water partition coefficient (Wildman–Crippen LogP) is 2.41. The lowest BCUT2D eigenvalue weighted by molar-refractivity contribution is 0.00578. The van der Waals surface area contributed by atoms with Crippen molar-refractivity contribution in [3.05, 3.63) is 11.5 Å². The molecule has 0 amide bonds. The van der Waals surface area contributed by atoms with Crippen LogP contribution in [0.15, 0.2) is 16.5 Å². The topological polar surface area (TPSA) is 30.8 Å². The van der Waals surface area contributed by atoms with Crippen molar-refractivity contribution in [2.45, 2.75) is 51.7 Å². The summed E-state index contributed by atoms with van der Waals surface area (Å²) in [5.74, 6) is 0. The Morgan fingerprint density at radius 1 is 1.19 bits per heavy atom. The van der Waals surface area contributed by atoms with Crippen molar-refractivity contribution in [2.75, 3.05) is 6.54 Å². The summed E-state index contributed by atoms with van der Waals surface area (Å²) in [6, 6.07) is 0. The zero-order valence-electron chi connectivity index (χ0n) is 10.6. The lowest BCUT2D eigenvalue weighted by Crippen LogP contribution is -2.41. The monoisotopic (exact) mass is 221 g/mol. The molecule has 88 valence electrons. The first kappa shape index (κ1) is 11.9. The first-order valence-electron chi connectivity index (χ1n) is 5.98. The van der Waals surface area contributed by atoms with Crippen LogP contribution < -0.4 is 0 Å². The van der Waals surface area contributed by atoms with Gasteiger partial charge in [-0.05, 0) is 46.0 Å². The average molecular weight is 221 g/mol. The number of allylic oxidation sites excluding steroid dienone is 2. The zero-order chi connectivity index (χ0) is 11.8. The van der Waals surface area contributed by atoms with Crippen LogP contribution in [0.5, 0.6) is 0 Å². The molecule has 3 nitrogen and oxygen atoms in total. The molecule has 0 aromatic carbocycles. The molecule has 16 heavy (non-hydrogen) atoms. The number of rotatable bonds is 1. The van der Waals surface area contributed by atoms with Crippen molar-refractivity contribution in [1.82, 2.24) is 0 Å². The smallest absolute Gasteiger partial charge is 0.399 e. The maximum absolute atomic E-state index is 5.98. The van der Waals surface area contributed by atoms with Crippen molar-refractivity contribution < 1.29 is 9.31 Å². The molecule has 2 rings (SSSR count). The summed E-state index contributed by atoms with van der Waals surface area (Å²) in [5.41, 5.74) is 0.535. The second-order valence-corrected chi connectivity index (χ2v) is 5.47. The standard InChI is InChI=1S/C12H20BNO2/c1-11(2)12(3,4)16-13(15-11)10-7-5-6-8-14-9-10/h7,9H,5-6,8H2,1-4H3. The Balaban J connectivity index is 2.16. The molecule has 0 radical (unpaired) electrons. The Morgan fingerprint density at radius 3 is 2.44 bits per heavy atom. The van der Waals surface area contributed by atoms with E-state index in [9.17, 15) is 0 Å². The van der Waals surface area contributed by atoms with Crippen LogP contribution in [0.3, 0.4) is 0 Å². The van der Waals surface area contributed by atoms with Gasteiger partial charge in [0.2, 0.25) is 0 Å². The molecule has 0 aromatic rings. The van der Waals surface area contributed by atoms with Gasteiger partial charge in [0.15, 0.2) is 0 Å². The van der Waals surface area contributed by atoms with Crippen LogP contribution in [0, 0.1) is 0 Å². The molecule has 0 spiro atoms. The molecule has 4 heteroatoms. The van der Waals surface area contributed by atoms with Crippen LogP contribution in [-0.2, 0) is 9.31 Å². The largest absolute Gasteiger partial charge is 0.496 e. The molecular weight excluding hydrogens is 201 g/mol. The summed E-state index contributed by atoms with van der Waals surface area (Å²) < 4.78 is 12.0. The van der Waals surface area contributed by atoms with Crippen LogP contribution in [0.25, 0.3) is 0 Å². The summed E-state index contributed by atoms with van der Waals surface area (Å²) in [6.07, 6.45) is 6.24. The Morgan fingerprint density at radius 2 is 1.81 bits per heavy atom. The first-order chi connectivity index (χ1) is 7.42. The SMILES string of the molecule is CC1(C)OB(C2=CCCCN=C2)OC1(C)C. The number of hydrogen-bond acceptors (Lipinski definition) is 3. The van der Waals surface area contributed by atoms with E-state index in [1.807, 2.05) is 6.21 Å². The molecule has 1 fully saturated rings. The highest BCUT2D eigenvalue weighted by atomic mass is 16.7. The number of nitrogens with zero attached hydrogens (tertiary/aromatic N) is 1. The fourth-order valence-corrected chi connectivity index (χ4v) is 1.81. The second-order valence-electron chi connectivity index (χ2n) is 5.47. The second kappa shape index (κ2) is 4.00. The van der Waals surface area contributed by atoms with Crippen molar-refractivity contribution in [1.29, 1.82) is 0 Å². The van der Waals surface area contributed by atoms with E-state index in [4.69, 9.17) is 9.31 Å². The van der Waals surface area contributed by atoms with Gasteiger partial charge in [0, 0.05) is 12.8 Å². The minimum absolute atomic E-state index is 0.258. The lowest BCUT2D eigenvalue weighted by atomic mass is 9.78. The van der Waals surface area contributed by atoms with E-state index >= 15 is 0 Å². The van der Waals surface area contributed by atoms with Gasteiger partial charge in [-0.1, -0.05) is 6.08 Å². The van der Waals surface area contributed by atoms with E-state index < -0.39 is 0 Å². The lowest BCUT2D eigenvalue weighted by Gasteiger charge is -2.32. The van der Waals surface area contributed by atoms with Gasteiger partial charge in [0.05, 0.1) is 11.2 Å². The summed E-state index contributed by atoms with van der Waals surface area (Å²) in [5, 5.41) is 0. The van der Waals surface area contributed by atoms with Crippen LogP contribution >= 0.6 is 0 Å². The van der Waals surface area contributed by atoms with Crippen LogP contribution in [0.4, 0.5) is 0 Å². The van der Waals surface area contributed by atoms with E-state index in [-0.39, 0.29) is 18.3 Å². The van der Waals surface area contributed by atoms with Crippen molar-refractivity contribution in [2.24, 2.45) is 4.99 Å². The van der Waals surface area contributed by atoms with Gasteiger partial charge in [-0.3, -0.25) is 4.99 Å². The van der Waals surface area contributed by atoms with E-state index in [1.165, 1.54) is 0 Å². The Bertz CT molecular complexity index is 318. The van der Waals surface area contributed by atoms with E-state index in [0.29, 0.717) is 0 Å². The molecule has 2 heterocycles. The molecule has 2 aliphatic heterocycles. The molecule has 0 aromatic heterocycles. The number of hydrogen-bond donors (Lipinski definition) is 0. The van der Waals surface area contributed by atoms with Gasteiger partial charge < -0.3 is 9.31 Å². The third kappa shape index (κ3) is 2.09. The highest BCUT2D eigenvalue weighted by Gasteiger charge is 2.52. The summed E-state index contributed by atoms with van der Waals surface area (Å²) >= 11 is 0. The molecule has 0 unspecified atom stereocenters. The fourth-order valence-electron chi connectivity index (χ4n) is 1.81. The Hall–Kier alpha value is -0.605.